The molecule has 0 atom stereocenters. The van der Waals surface area contributed by atoms with Crippen LogP contribution in [0.15, 0.2) is 53.1 Å². The summed E-state index contributed by atoms with van der Waals surface area (Å²) in [5.41, 5.74) is 0.998. The molecule has 2 aromatic heterocycles. The Bertz CT molecular complexity index is 769. The Morgan fingerprint density at radius 3 is 2.64 bits per heavy atom. The molecule has 0 spiro atoms. The van der Waals surface area contributed by atoms with Gasteiger partial charge in [-0.1, -0.05) is 11.2 Å². The van der Waals surface area contributed by atoms with Gasteiger partial charge in [0, 0.05) is 11.8 Å². The minimum atomic E-state index is -0.348. The third-order valence-corrected chi connectivity index (χ3v) is 2.88. The normalized spacial score (nSPS) is 10.2. The van der Waals surface area contributed by atoms with E-state index < -0.39 is 0 Å². The molecule has 1 aromatic carbocycles. The van der Waals surface area contributed by atoms with Gasteiger partial charge < -0.3 is 9.15 Å². The number of methoxy groups -OCH3 is 1. The van der Waals surface area contributed by atoms with Gasteiger partial charge >= 0.3 is 6.01 Å². The second-order valence-electron chi connectivity index (χ2n) is 4.31. The topological polar surface area (TPSA) is 90.1 Å². The predicted molar refractivity (Wildman–Crippen MR) is 78.5 cm³/mol. The van der Waals surface area contributed by atoms with E-state index in [4.69, 9.17) is 9.15 Å². The van der Waals surface area contributed by atoms with E-state index >= 15 is 0 Å². The monoisotopic (exact) mass is 296 g/mol. The zero-order valence-corrected chi connectivity index (χ0v) is 11.7. The lowest BCUT2D eigenvalue weighted by Crippen LogP contribution is -2.11. The number of hydrogen-bond acceptors (Lipinski definition) is 6. The Balaban J connectivity index is 1.73. The smallest absolute Gasteiger partial charge is 0.322 e. The van der Waals surface area contributed by atoms with Crippen molar-refractivity contribution in [2.45, 2.75) is 0 Å². The summed E-state index contributed by atoms with van der Waals surface area (Å²) in [4.78, 5) is 16.2. The molecule has 0 fully saturated rings. The quantitative estimate of drug-likeness (QED) is 0.795. The van der Waals surface area contributed by atoms with Crippen LogP contribution in [0.25, 0.3) is 11.6 Å². The number of carbonyl (C=O) groups is 1. The summed E-state index contributed by atoms with van der Waals surface area (Å²) in [6, 6.07) is 12.0. The van der Waals surface area contributed by atoms with Gasteiger partial charge in [0.05, 0.1) is 7.11 Å². The number of rotatable bonds is 4. The molecule has 0 aliphatic heterocycles. The van der Waals surface area contributed by atoms with E-state index in [1.54, 1.807) is 49.7 Å². The van der Waals surface area contributed by atoms with Gasteiger partial charge in [-0.3, -0.25) is 15.1 Å². The number of benzene rings is 1. The van der Waals surface area contributed by atoms with Gasteiger partial charge in [-0.15, -0.1) is 5.10 Å². The molecule has 1 amide bonds. The van der Waals surface area contributed by atoms with Gasteiger partial charge in [0.1, 0.15) is 11.4 Å². The molecule has 0 aliphatic rings. The van der Waals surface area contributed by atoms with E-state index in [2.05, 4.69) is 20.5 Å². The van der Waals surface area contributed by atoms with Gasteiger partial charge in [-0.25, -0.2) is 0 Å². The number of anilines is 1. The first-order valence-electron chi connectivity index (χ1n) is 6.46. The molecule has 0 radical (unpaired) electrons. The summed E-state index contributed by atoms with van der Waals surface area (Å²) in [5.74, 6) is 0.566. The van der Waals surface area contributed by atoms with Crippen molar-refractivity contribution in [3.63, 3.8) is 0 Å². The van der Waals surface area contributed by atoms with E-state index in [1.807, 2.05) is 6.07 Å². The van der Waals surface area contributed by atoms with E-state index in [9.17, 15) is 4.79 Å². The van der Waals surface area contributed by atoms with Crippen molar-refractivity contribution in [1.29, 1.82) is 0 Å². The van der Waals surface area contributed by atoms with Crippen LogP contribution < -0.4 is 10.1 Å². The number of ether oxygens (including phenoxy) is 1. The summed E-state index contributed by atoms with van der Waals surface area (Å²) in [5, 5.41) is 10.2. The van der Waals surface area contributed by atoms with Crippen molar-refractivity contribution in [1.82, 2.24) is 15.2 Å². The molecule has 0 aliphatic carbocycles. The van der Waals surface area contributed by atoms with Crippen LogP contribution in [0.5, 0.6) is 5.75 Å². The number of amides is 1. The van der Waals surface area contributed by atoms with Crippen LogP contribution in [0.3, 0.4) is 0 Å². The van der Waals surface area contributed by atoms with Crippen molar-refractivity contribution in [3.8, 4) is 17.3 Å². The van der Waals surface area contributed by atoms with E-state index in [0.29, 0.717) is 17.0 Å². The lowest BCUT2D eigenvalue weighted by atomic mass is 10.2. The molecule has 0 saturated carbocycles. The molecule has 0 bridgehead atoms. The predicted octanol–water partition coefficient (Wildman–Crippen LogP) is 2.39. The van der Waals surface area contributed by atoms with Crippen molar-refractivity contribution in [2.75, 3.05) is 12.4 Å². The lowest BCUT2D eigenvalue weighted by molar-refractivity contribution is 0.102. The lowest BCUT2D eigenvalue weighted by Gasteiger charge is -2.02. The second kappa shape index (κ2) is 6.04. The highest BCUT2D eigenvalue weighted by Crippen LogP contribution is 2.18. The molecule has 3 rings (SSSR count). The molecule has 0 unspecified atom stereocenters. The Kier molecular flexibility index (Phi) is 3.78. The number of aromatic nitrogens is 3. The number of carbonyl (C=O) groups excluding carboxylic acids is 1. The Morgan fingerprint density at radius 1 is 1.14 bits per heavy atom. The highest BCUT2D eigenvalue weighted by atomic mass is 16.5. The summed E-state index contributed by atoms with van der Waals surface area (Å²) in [6.45, 7) is 0. The molecule has 7 nitrogen and oxygen atoms in total. The van der Waals surface area contributed by atoms with Gasteiger partial charge in [0.2, 0.25) is 0 Å². The zero-order valence-electron chi connectivity index (χ0n) is 11.7. The van der Waals surface area contributed by atoms with Crippen molar-refractivity contribution < 1.29 is 13.9 Å². The van der Waals surface area contributed by atoms with Gasteiger partial charge in [0.25, 0.3) is 11.8 Å². The fourth-order valence-corrected chi connectivity index (χ4v) is 1.78. The minimum absolute atomic E-state index is 0.0153. The van der Waals surface area contributed by atoms with Crippen LogP contribution in [0.2, 0.25) is 0 Å². The van der Waals surface area contributed by atoms with Crippen molar-refractivity contribution in [2.24, 2.45) is 0 Å². The Labute approximate surface area is 126 Å². The van der Waals surface area contributed by atoms with Crippen LogP contribution in [-0.4, -0.2) is 28.2 Å². The average molecular weight is 296 g/mol. The number of nitrogens with one attached hydrogen (secondary N) is 1. The fraction of sp³-hybridized carbons (Fsp3) is 0.0667. The standard InChI is InChI=1S/C15H12N4O3/c1-21-11-7-5-10(6-8-11)13(20)17-15-19-18-14(22-15)12-4-2-3-9-16-12/h2-9H,1H3,(H,17,19,20). The van der Waals surface area contributed by atoms with E-state index in [-0.39, 0.29) is 17.8 Å². The maximum absolute atomic E-state index is 12.1. The SMILES string of the molecule is COc1ccc(C(=O)Nc2nnc(-c3ccccn3)o2)cc1. The van der Waals surface area contributed by atoms with Gasteiger partial charge in [-0.05, 0) is 36.4 Å². The number of pyridine rings is 1. The first kappa shape index (κ1) is 13.7. The maximum Gasteiger partial charge on any atom is 0.322 e. The summed E-state index contributed by atoms with van der Waals surface area (Å²) in [7, 11) is 1.56. The molecular weight excluding hydrogens is 284 g/mol. The van der Waals surface area contributed by atoms with Crippen LogP contribution >= 0.6 is 0 Å². The van der Waals surface area contributed by atoms with E-state index in [0.717, 1.165) is 0 Å². The molecule has 0 saturated heterocycles. The van der Waals surface area contributed by atoms with Gasteiger partial charge in [-0.2, -0.15) is 0 Å². The summed E-state index contributed by atoms with van der Waals surface area (Å²) in [6.07, 6.45) is 1.62. The second-order valence-corrected chi connectivity index (χ2v) is 4.31. The Hall–Kier alpha value is -3.22. The summed E-state index contributed by atoms with van der Waals surface area (Å²) < 4.78 is 10.4. The molecular formula is C15H12N4O3. The van der Waals surface area contributed by atoms with Crippen molar-refractivity contribution >= 4 is 11.9 Å². The largest absolute Gasteiger partial charge is 0.497 e. The number of hydrogen-bond donors (Lipinski definition) is 1. The highest BCUT2D eigenvalue weighted by Gasteiger charge is 2.13. The maximum atomic E-state index is 12.1. The first-order chi connectivity index (χ1) is 10.8. The molecule has 3 aromatic rings. The zero-order chi connectivity index (χ0) is 15.4. The molecule has 1 N–H and O–H groups in total. The third-order valence-electron chi connectivity index (χ3n) is 2.88. The summed E-state index contributed by atoms with van der Waals surface area (Å²) >= 11 is 0. The average Bonchev–Trinajstić information content (AvgIpc) is 3.04. The van der Waals surface area contributed by atoms with E-state index in [1.165, 1.54) is 0 Å². The Morgan fingerprint density at radius 2 is 1.95 bits per heavy atom. The highest BCUT2D eigenvalue weighted by molar-refractivity contribution is 6.03. The van der Waals surface area contributed by atoms with Crippen LogP contribution in [0.4, 0.5) is 6.01 Å². The fourth-order valence-electron chi connectivity index (χ4n) is 1.78. The van der Waals surface area contributed by atoms with Crippen LogP contribution in [0, 0.1) is 0 Å². The first-order valence-corrected chi connectivity index (χ1v) is 6.46. The van der Waals surface area contributed by atoms with Crippen LogP contribution in [0.1, 0.15) is 10.4 Å². The van der Waals surface area contributed by atoms with Crippen LogP contribution in [-0.2, 0) is 0 Å². The molecule has 22 heavy (non-hydrogen) atoms. The van der Waals surface area contributed by atoms with Crippen molar-refractivity contribution in [3.05, 3.63) is 54.2 Å². The molecule has 110 valence electrons. The molecule has 2 heterocycles. The molecule has 7 heteroatoms. The van der Waals surface area contributed by atoms with Gasteiger partial charge in [0.15, 0.2) is 0 Å². The minimum Gasteiger partial charge on any atom is -0.497 e. The number of nitrogens with zero attached hydrogens (tertiary/aromatic N) is 3. The third kappa shape index (κ3) is 2.93.